The van der Waals surface area contributed by atoms with Crippen LogP contribution in [-0.2, 0) is 29.8 Å². The molecule has 2 aliphatic rings. The number of nitrogens with one attached hydrogen (secondary N) is 2. The number of guanidine groups is 1. The summed E-state index contributed by atoms with van der Waals surface area (Å²) in [5.74, 6) is 0.737. The van der Waals surface area contributed by atoms with Gasteiger partial charge >= 0.3 is 0 Å². The fourth-order valence-corrected chi connectivity index (χ4v) is 4.45. The predicted molar refractivity (Wildman–Crippen MR) is 139 cm³/mol. The molecule has 1 saturated heterocycles. The Hall–Kier alpha value is -1.68. The number of morpholine rings is 1. The van der Waals surface area contributed by atoms with Crippen molar-refractivity contribution in [3.8, 4) is 0 Å². The Labute approximate surface area is 208 Å². The van der Waals surface area contributed by atoms with Crippen molar-refractivity contribution in [3.05, 3.63) is 70.8 Å². The number of fused-ring (bicyclic) bond motifs is 1. The molecule has 32 heavy (non-hydrogen) atoms. The number of rotatable bonds is 7. The zero-order valence-electron chi connectivity index (χ0n) is 18.8. The maximum atomic E-state index is 11.2. The highest BCUT2D eigenvalue weighted by Gasteiger charge is 2.36. The Bertz CT molecular complexity index is 901. The van der Waals surface area contributed by atoms with Gasteiger partial charge in [0.05, 0.1) is 26.3 Å². The first kappa shape index (κ1) is 25.0. The second kappa shape index (κ2) is 12.0. The van der Waals surface area contributed by atoms with Crippen LogP contribution in [0.25, 0.3) is 0 Å². The number of nitrogens with zero attached hydrogens (tertiary/aromatic N) is 2. The lowest BCUT2D eigenvalue weighted by Crippen LogP contribution is -2.45. The molecule has 0 spiro atoms. The lowest BCUT2D eigenvalue weighted by Gasteiger charge is -2.27. The molecule has 0 radical (unpaired) electrons. The zero-order valence-corrected chi connectivity index (χ0v) is 21.2. The summed E-state index contributed by atoms with van der Waals surface area (Å²) in [6, 6.07) is 16.7. The van der Waals surface area contributed by atoms with Gasteiger partial charge in [0.2, 0.25) is 0 Å². The summed E-state index contributed by atoms with van der Waals surface area (Å²) in [6.07, 6.45) is 1.65. The Kier molecular flexibility index (Phi) is 9.34. The van der Waals surface area contributed by atoms with Crippen LogP contribution in [-0.4, -0.2) is 55.4 Å². The third-order valence-electron chi connectivity index (χ3n) is 6.24. The summed E-state index contributed by atoms with van der Waals surface area (Å²) in [6.45, 7) is 8.37. The molecule has 0 amide bonds. The summed E-state index contributed by atoms with van der Waals surface area (Å²) < 4.78 is 5.47. The molecule has 0 saturated carbocycles. The number of aliphatic hydroxyl groups is 1. The Morgan fingerprint density at radius 1 is 1.06 bits per heavy atom. The number of halogens is 1. The van der Waals surface area contributed by atoms with Crippen LogP contribution in [0.5, 0.6) is 0 Å². The molecule has 7 heteroatoms. The highest BCUT2D eigenvalue weighted by Crippen LogP contribution is 2.36. The van der Waals surface area contributed by atoms with Crippen molar-refractivity contribution >= 4 is 29.9 Å². The highest BCUT2D eigenvalue weighted by molar-refractivity contribution is 14.0. The number of benzene rings is 2. The van der Waals surface area contributed by atoms with Crippen LogP contribution >= 0.6 is 24.0 Å². The summed E-state index contributed by atoms with van der Waals surface area (Å²) in [5, 5.41) is 17.9. The lowest BCUT2D eigenvalue weighted by atomic mass is 9.96. The molecular weight excluding hydrogens is 515 g/mol. The largest absolute Gasteiger partial charge is 0.383 e. The van der Waals surface area contributed by atoms with Gasteiger partial charge in [-0.3, -0.25) is 4.90 Å². The third-order valence-corrected chi connectivity index (χ3v) is 6.24. The van der Waals surface area contributed by atoms with E-state index in [0.29, 0.717) is 13.1 Å². The van der Waals surface area contributed by atoms with Crippen molar-refractivity contribution in [1.82, 2.24) is 15.5 Å². The van der Waals surface area contributed by atoms with Crippen LogP contribution in [0, 0.1) is 0 Å². The quantitative estimate of drug-likeness (QED) is 0.281. The third kappa shape index (κ3) is 6.21. The molecule has 3 N–H and O–H groups in total. The fraction of sp³-hybridized carbons (Fsp3) is 0.480. The smallest absolute Gasteiger partial charge is 0.191 e. The van der Waals surface area contributed by atoms with Gasteiger partial charge < -0.3 is 20.5 Å². The first-order chi connectivity index (χ1) is 15.2. The monoisotopic (exact) mass is 550 g/mol. The summed E-state index contributed by atoms with van der Waals surface area (Å²) >= 11 is 0. The highest BCUT2D eigenvalue weighted by atomic mass is 127. The van der Waals surface area contributed by atoms with E-state index in [9.17, 15) is 5.11 Å². The van der Waals surface area contributed by atoms with Crippen molar-refractivity contribution in [2.24, 2.45) is 4.99 Å². The van der Waals surface area contributed by atoms with E-state index in [1.807, 2.05) is 18.2 Å². The van der Waals surface area contributed by atoms with E-state index in [4.69, 9.17) is 9.73 Å². The van der Waals surface area contributed by atoms with E-state index in [2.05, 4.69) is 52.8 Å². The van der Waals surface area contributed by atoms with Gasteiger partial charge in [0, 0.05) is 26.2 Å². The molecule has 6 nitrogen and oxygen atoms in total. The molecule has 0 aromatic heterocycles. The number of hydrogen-bond acceptors (Lipinski definition) is 4. The minimum atomic E-state index is -0.846. The van der Waals surface area contributed by atoms with Crippen LogP contribution in [0.3, 0.4) is 0 Å². The lowest BCUT2D eigenvalue weighted by molar-refractivity contribution is 0.0341. The predicted octanol–water partition coefficient (Wildman–Crippen LogP) is 3.03. The minimum absolute atomic E-state index is 0. The number of ether oxygens (including phenoxy) is 1. The number of aliphatic imine (C=N–C) groups is 1. The molecule has 4 rings (SSSR count). The SMILES string of the molecule is CCNC(=NCc1ccccc1CN1CCOCC1)NCC1(O)CCc2ccccc21.I. The first-order valence-corrected chi connectivity index (χ1v) is 11.4. The maximum Gasteiger partial charge on any atom is 0.191 e. The number of aryl methyl sites for hydroxylation is 1. The van der Waals surface area contributed by atoms with Crippen LogP contribution in [0.4, 0.5) is 0 Å². The van der Waals surface area contributed by atoms with E-state index in [1.54, 1.807) is 0 Å². The van der Waals surface area contributed by atoms with Gasteiger partial charge in [-0.05, 0) is 42.0 Å². The van der Waals surface area contributed by atoms with Crippen molar-refractivity contribution in [2.75, 3.05) is 39.4 Å². The van der Waals surface area contributed by atoms with E-state index >= 15 is 0 Å². The van der Waals surface area contributed by atoms with Crippen molar-refractivity contribution < 1.29 is 9.84 Å². The van der Waals surface area contributed by atoms with Gasteiger partial charge in [0.1, 0.15) is 5.60 Å². The average Bonchev–Trinajstić information content (AvgIpc) is 3.14. The van der Waals surface area contributed by atoms with Gasteiger partial charge in [-0.1, -0.05) is 48.5 Å². The second-order valence-corrected chi connectivity index (χ2v) is 8.39. The first-order valence-electron chi connectivity index (χ1n) is 11.4. The molecule has 1 aliphatic heterocycles. The van der Waals surface area contributed by atoms with E-state index in [1.165, 1.54) is 16.7 Å². The van der Waals surface area contributed by atoms with Gasteiger partial charge in [-0.15, -0.1) is 24.0 Å². The van der Waals surface area contributed by atoms with Crippen molar-refractivity contribution in [2.45, 2.75) is 38.5 Å². The van der Waals surface area contributed by atoms with E-state index in [0.717, 1.165) is 63.8 Å². The van der Waals surface area contributed by atoms with Crippen LogP contribution in [0.1, 0.15) is 35.6 Å². The maximum absolute atomic E-state index is 11.2. The van der Waals surface area contributed by atoms with Gasteiger partial charge in [0.15, 0.2) is 5.96 Å². The Morgan fingerprint density at radius 3 is 2.56 bits per heavy atom. The molecule has 1 aliphatic carbocycles. The minimum Gasteiger partial charge on any atom is -0.383 e. The Morgan fingerprint density at radius 2 is 1.78 bits per heavy atom. The standard InChI is InChI=1S/C25H34N4O2.HI/c1-2-26-24(28-19-25(30)12-11-20-7-5-6-10-23(20)25)27-17-21-8-3-4-9-22(21)18-29-13-15-31-16-14-29;/h3-10,30H,2,11-19H2,1H3,(H2,26,27,28);1H. The number of hydrogen-bond donors (Lipinski definition) is 3. The molecule has 2 aromatic rings. The van der Waals surface area contributed by atoms with Crippen LogP contribution < -0.4 is 10.6 Å². The molecular formula is C25H35IN4O2. The molecule has 2 aromatic carbocycles. The van der Waals surface area contributed by atoms with E-state index < -0.39 is 5.60 Å². The second-order valence-electron chi connectivity index (χ2n) is 8.39. The molecule has 1 heterocycles. The fourth-order valence-electron chi connectivity index (χ4n) is 4.45. The molecule has 1 atom stereocenters. The topological polar surface area (TPSA) is 69.1 Å². The van der Waals surface area contributed by atoms with Crippen LogP contribution in [0.2, 0.25) is 0 Å². The zero-order chi connectivity index (χ0) is 21.5. The summed E-state index contributed by atoms with van der Waals surface area (Å²) in [7, 11) is 0. The average molecular weight is 550 g/mol. The molecule has 0 bridgehead atoms. The Balaban J connectivity index is 0.00000289. The van der Waals surface area contributed by atoms with Crippen molar-refractivity contribution in [1.29, 1.82) is 0 Å². The normalized spacial score (nSPS) is 21.0. The van der Waals surface area contributed by atoms with Gasteiger partial charge in [0.25, 0.3) is 0 Å². The summed E-state index contributed by atoms with van der Waals surface area (Å²) in [5.41, 5.74) is 3.98. The van der Waals surface area contributed by atoms with E-state index in [-0.39, 0.29) is 24.0 Å². The van der Waals surface area contributed by atoms with Crippen molar-refractivity contribution in [3.63, 3.8) is 0 Å². The molecule has 1 fully saturated rings. The van der Waals surface area contributed by atoms with Crippen LogP contribution in [0.15, 0.2) is 53.5 Å². The van der Waals surface area contributed by atoms with Gasteiger partial charge in [-0.2, -0.15) is 0 Å². The summed E-state index contributed by atoms with van der Waals surface area (Å²) in [4.78, 5) is 7.26. The molecule has 1 unspecified atom stereocenters. The van der Waals surface area contributed by atoms with Gasteiger partial charge in [-0.25, -0.2) is 4.99 Å². The molecule has 174 valence electrons.